The van der Waals surface area contributed by atoms with Crippen molar-refractivity contribution in [1.29, 1.82) is 0 Å². The summed E-state index contributed by atoms with van der Waals surface area (Å²) in [4.78, 5) is 28.2. The normalized spacial score (nSPS) is 11.5. The number of rotatable bonds is 6. The van der Waals surface area contributed by atoms with Gasteiger partial charge in [0.2, 0.25) is 11.8 Å². The first kappa shape index (κ1) is 18.0. The second-order valence-corrected chi connectivity index (χ2v) is 6.96. The largest absolute Gasteiger partial charge is 0.356 e. The summed E-state index contributed by atoms with van der Waals surface area (Å²) in [5.74, 6) is 0.792. The van der Waals surface area contributed by atoms with Gasteiger partial charge >= 0.3 is 0 Å². The van der Waals surface area contributed by atoms with Gasteiger partial charge in [0, 0.05) is 25.4 Å². The maximum absolute atomic E-state index is 11.9. The first-order valence-electron chi connectivity index (χ1n) is 8.24. The Bertz CT molecular complexity index is 728. The molecule has 0 radical (unpaired) electrons. The summed E-state index contributed by atoms with van der Waals surface area (Å²) >= 11 is 0. The molecule has 6 nitrogen and oxygen atoms in total. The number of carbonyl (C=O) groups excluding carboxylic acids is 2. The van der Waals surface area contributed by atoms with E-state index in [1.165, 1.54) is 0 Å². The quantitative estimate of drug-likeness (QED) is 0.797. The fourth-order valence-corrected chi connectivity index (χ4v) is 2.34. The number of nitrogens with one attached hydrogen (secondary N) is 2. The maximum atomic E-state index is 11.9. The lowest BCUT2D eigenvalue weighted by Gasteiger charge is -2.17. The minimum atomic E-state index is -0.400. The Morgan fingerprint density at radius 2 is 1.88 bits per heavy atom. The van der Waals surface area contributed by atoms with Crippen LogP contribution >= 0.6 is 0 Å². The number of nitrogens with zero attached hydrogens (tertiary/aromatic N) is 2. The minimum Gasteiger partial charge on any atom is -0.356 e. The molecule has 2 rings (SSSR count). The lowest BCUT2D eigenvalue weighted by molar-refractivity contribution is -0.128. The van der Waals surface area contributed by atoms with Crippen LogP contribution in [0.1, 0.15) is 39.4 Å². The van der Waals surface area contributed by atoms with Crippen LogP contribution in [-0.4, -0.2) is 27.9 Å². The van der Waals surface area contributed by atoms with Crippen molar-refractivity contribution in [3.05, 3.63) is 30.1 Å². The molecule has 0 bridgehead atoms. The van der Waals surface area contributed by atoms with E-state index in [9.17, 15) is 9.59 Å². The predicted molar refractivity (Wildman–Crippen MR) is 94.3 cm³/mol. The Balaban J connectivity index is 1.75. The lowest BCUT2D eigenvalue weighted by Crippen LogP contribution is -2.35. The molecule has 0 fully saturated rings. The number of amides is 2. The highest BCUT2D eigenvalue weighted by Gasteiger charge is 2.20. The first-order valence-corrected chi connectivity index (χ1v) is 8.24. The third-order valence-corrected chi connectivity index (χ3v) is 3.87. The molecule has 2 aromatic rings. The van der Waals surface area contributed by atoms with Gasteiger partial charge in [-0.1, -0.05) is 32.9 Å². The summed E-state index contributed by atoms with van der Waals surface area (Å²) in [6, 6.07) is 7.88. The number of hydrogen-bond acceptors (Lipinski definition) is 3. The van der Waals surface area contributed by atoms with Crippen LogP contribution in [0.3, 0.4) is 0 Å². The standard InChI is InChI=1S/C18H26N4O2/c1-18(2,3)17(24)19-11-7-10-16(23)20-12-15-21-13-8-5-6-9-14(13)22(15)4/h5-6,8-9H,7,10-12H2,1-4H3,(H,19,24)(H,20,23). The third-order valence-electron chi connectivity index (χ3n) is 3.87. The Kier molecular flexibility index (Phi) is 5.59. The number of aryl methyl sites for hydroxylation is 1. The number of hydrogen-bond donors (Lipinski definition) is 2. The van der Waals surface area contributed by atoms with Crippen LogP contribution < -0.4 is 10.6 Å². The monoisotopic (exact) mass is 330 g/mol. The SMILES string of the molecule is Cn1c(CNC(=O)CCCNC(=O)C(C)(C)C)nc2ccccc21. The molecule has 2 N–H and O–H groups in total. The summed E-state index contributed by atoms with van der Waals surface area (Å²) < 4.78 is 1.99. The molecule has 1 aromatic carbocycles. The second-order valence-electron chi connectivity index (χ2n) is 6.96. The van der Waals surface area contributed by atoms with Gasteiger partial charge in [0.15, 0.2) is 0 Å². The number of carbonyl (C=O) groups is 2. The predicted octanol–water partition coefficient (Wildman–Crippen LogP) is 2.13. The van der Waals surface area contributed by atoms with Gasteiger partial charge in [0.05, 0.1) is 17.6 Å². The Morgan fingerprint density at radius 3 is 2.54 bits per heavy atom. The van der Waals surface area contributed by atoms with Gasteiger partial charge in [-0.15, -0.1) is 0 Å². The van der Waals surface area contributed by atoms with E-state index in [-0.39, 0.29) is 11.8 Å². The van der Waals surface area contributed by atoms with Crippen molar-refractivity contribution in [2.75, 3.05) is 6.54 Å². The van der Waals surface area contributed by atoms with Crippen molar-refractivity contribution < 1.29 is 9.59 Å². The fraction of sp³-hybridized carbons (Fsp3) is 0.500. The molecule has 130 valence electrons. The summed E-state index contributed by atoms with van der Waals surface area (Å²) in [6.45, 7) is 6.51. The average molecular weight is 330 g/mol. The molecule has 0 atom stereocenters. The minimum absolute atomic E-state index is 0.00242. The molecule has 1 aromatic heterocycles. The molecule has 0 unspecified atom stereocenters. The van der Waals surface area contributed by atoms with Gasteiger partial charge in [0.25, 0.3) is 0 Å². The zero-order valence-electron chi connectivity index (χ0n) is 14.8. The maximum Gasteiger partial charge on any atom is 0.225 e. The smallest absolute Gasteiger partial charge is 0.225 e. The van der Waals surface area contributed by atoms with Gasteiger partial charge in [-0.2, -0.15) is 0 Å². The molecule has 2 amide bonds. The average Bonchev–Trinajstić information content (AvgIpc) is 2.85. The van der Waals surface area contributed by atoms with Crippen molar-refractivity contribution in [1.82, 2.24) is 20.2 Å². The molecule has 0 aliphatic rings. The number of imidazole rings is 1. The van der Waals surface area contributed by atoms with Gasteiger partial charge in [-0.3, -0.25) is 9.59 Å². The van der Waals surface area contributed by atoms with Crippen LogP contribution in [0, 0.1) is 5.41 Å². The van der Waals surface area contributed by atoms with Crippen molar-refractivity contribution in [3.8, 4) is 0 Å². The molecular weight excluding hydrogens is 304 g/mol. The summed E-state index contributed by atoms with van der Waals surface area (Å²) in [5, 5.41) is 5.73. The molecule has 0 aliphatic heterocycles. The van der Waals surface area contributed by atoms with Crippen LogP contribution in [0.5, 0.6) is 0 Å². The van der Waals surface area contributed by atoms with Crippen LogP contribution in [0.15, 0.2) is 24.3 Å². The van der Waals surface area contributed by atoms with Crippen molar-refractivity contribution >= 4 is 22.8 Å². The van der Waals surface area contributed by atoms with Crippen LogP contribution in [0.25, 0.3) is 11.0 Å². The third kappa shape index (κ3) is 4.57. The zero-order valence-corrected chi connectivity index (χ0v) is 14.8. The fourth-order valence-electron chi connectivity index (χ4n) is 2.34. The molecule has 0 saturated carbocycles. The summed E-state index contributed by atoms with van der Waals surface area (Å²) in [6.07, 6.45) is 1.00. The van der Waals surface area contributed by atoms with Gasteiger partial charge in [-0.25, -0.2) is 4.98 Å². The van der Waals surface area contributed by atoms with Crippen molar-refractivity contribution in [2.45, 2.75) is 40.2 Å². The molecular formula is C18H26N4O2. The zero-order chi connectivity index (χ0) is 17.7. The summed E-state index contributed by atoms with van der Waals surface area (Å²) in [5.41, 5.74) is 1.57. The Morgan fingerprint density at radius 1 is 1.17 bits per heavy atom. The molecule has 1 heterocycles. The van der Waals surface area contributed by atoms with Gasteiger partial charge in [-0.05, 0) is 18.6 Å². The molecule has 24 heavy (non-hydrogen) atoms. The topological polar surface area (TPSA) is 76.0 Å². The van der Waals surface area contributed by atoms with E-state index >= 15 is 0 Å². The van der Waals surface area contributed by atoms with E-state index in [1.54, 1.807) is 0 Å². The van der Waals surface area contributed by atoms with E-state index in [0.717, 1.165) is 16.9 Å². The van der Waals surface area contributed by atoms with E-state index in [4.69, 9.17) is 0 Å². The Hall–Kier alpha value is -2.37. The van der Waals surface area contributed by atoms with Gasteiger partial charge < -0.3 is 15.2 Å². The summed E-state index contributed by atoms with van der Waals surface area (Å²) in [7, 11) is 1.94. The number of fused-ring (bicyclic) bond motifs is 1. The van der Waals surface area contributed by atoms with Crippen LogP contribution in [0.2, 0.25) is 0 Å². The second kappa shape index (κ2) is 7.47. The highest BCUT2D eigenvalue weighted by Crippen LogP contribution is 2.14. The first-order chi connectivity index (χ1) is 11.3. The van der Waals surface area contributed by atoms with Crippen LogP contribution in [0.4, 0.5) is 0 Å². The highest BCUT2D eigenvalue weighted by atomic mass is 16.2. The van der Waals surface area contributed by atoms with Gasteiger partial charge in [0.1, 0.15) is 5.82 Å². The highest BCUT2D eigenvalue weighted by molar-refractivity contribution is 5.81. The number of benzene rings is 1. The van der Waals surface area contributed by atoms with E-state index < -0.39 is 5.41 Å². The van der Waals surface area contributed by atoms with Crippen molar-refractivity contribution in [3.63, 3.8) is 0 Å². The van der Waals surface area contributed by atoms with E-state index in [2.05, 4.69) is 15.6 Å². The molecule has 0 saturated heterocycles. The number of aromatic nitrogens is 2. The molecule has 0 aliphatic carbocycles. The number of para-hydroxylation sites is 2. The van der Waals surface area contributed by atoms with E-state index in [0.29, 0.717) is 25.9 Å². The van der Waals surface area contributed by atoms with Crippen molar-refractivity contribution in [2.24, 2.45) is 12.5 Å². The van der Waals surface area contributed by atoms with Crippen LogP contribution in [-0.2, 0) is 23.2 Å². The Labute approximate surface area is 142 Å². The lowest BCUT2D eigenvalue weighted by atomic mass is 9.96. The van der Waals surface area contributed by atoms with E-state index in [1.807, 2.05) is 56.7 Å². The molecule has 0 spiro atoms. The molecule has 6 heteroatoms.